The SMILES string of the molecule is COc1ccc(S(=O)(=O)N(NC2=NS(=O)(=O)c3ccccc32)C(=O)c2ccccc2OC)cc1. The number of para-hydroxylation sites is 1. The molecule has 0 aromatic heterocycles. The van der Waals surface area contributed by atoms with Crippen LogP contribution in [0.1, 0.15) is 15.9 Å². The molecule has 4 rings (SSSR count). The number of hydrogen-bond acceptors (Lipinski definition) is 8. The molecule has 1 N–H and O–H groups in total. The number of nitrogens with one attached hydrogen (secondary N) is 1. The summed E-state index contributed by atoms with van der Waals surface area (Å²) < 4.78 is 66.3. The molecule has 0 saturated heterocycles. The van der Waals surface area contributed by atoms with Crippen molar-refractivity contribution >= 4 is 31.8 Å². The number of carbonyl (C=O) groups is 1. The summed E-state index contributed by atoms with van der Waals surface area (Å²) in [6, 6.07) is 17.3. The zero-order chi connectivity index (χ0) is 24.5. The highest BCUT2D eigenvalue weighted by Crippen LogP contribution is 2.28. The third-order valence-electron chi connectivity index (χ3n) is 4.96. The quantitative estimate of drug-likeness (QED) is 0.527. The van der Waals surface area contributed by atoms with Gasteiger partial charge in [0.25, 0.3) is 26.0 Å². The minimum Gasteiger partial charge on any atom is -0.497 e. The van der Waals surface area contributed by atoms with Gasteiger partial charge >= 0.3 is 0 Å². The Hall–Kier alpha value is -3.90. The van der Waals surface area contributed by atoms with Crippen LogP contribution in [-0.2, 0) is 20.0 Å². The molecule has 1 aliphatic rings. The predicted molar refractivity (Wildman–Crippen MR) is 123 cm³/mol. The predicted octanol–water partition coefficient (Wildman–Crippen LogP) is 2.19. The van der Waals surface area contributed by atoms with E-state index in [2.05, 4.69) is 9.82 Å². The Balaban J connectivity index is 1.84. The zero-order valence-corrected chi connectivity index (χ0v) is 19.6. The number of methoxy groups -OCH3 is 2. The second-order valence-electron chi connectivity index (χ2n) is 6.97. The lowest BCUT2D eigenvalue weighted by Crippen LogP contribution is -2.49. The average molecular weight is 502 g/mol. The molecule has 0 atom stereocenters. The number of benzene rings is 3. The average Bonchev–Trinajstić information content (AvgIpc) is 3.11. The van der Waals surface area contributed by atoms with Crippen molar-refractivity contribution < 1.29 is 31.1 Å². The summed E-state index contributed by atoms with van der Waals surface area (Å²) >= 11 is 0. The summed E-state index contributed by atoms with van der Waals surface area (Å²) in [7, 11) is -5.84. The van der Waals surface area contributed by atoms with E-state index in [-0.39, 0.29) is 32.5 Å². The Kier molecular flexibility index (Phi) is 6.02. The van der Waals surface area contributed by atoms with Crippen LogP contribution in [0.4, 0.5) is 0 Å². The lowest BCUT2D eigenvalue weighted by molar-refractivity contribution is 0.0834. The maximum Gasteiger partial charge on any atom is 0.290 e. The number of fused-ring (bicyclic) bond motifs is 1. The van der Waals surface area contributed by atoms with Crippen molar-refractivity contribution in [1.29, 1.82) is 0 Å². The number of hydrogen-bond donors (Lipinski definition) is 1. The largest absolute Gasteiger partial charge is 0.497 e. The molecule has 176 valence electrons. The Morgan fingerprint density at radius 3 is 2.24 bits per heavy atom. The van der Waals surface area contributed by atoms with E-state index >= 15 is 0 Å². The van der Waals surface area contributed by atoms with E-state index in [4.69, 9.17) is 9.47 Å². The topological polar surface area (TPSA) is 131 Å². The van der Waals surface area contributed by atoms with E-state index in [0.29, 0.717) is 10.2 Å². The first kappa shape index (κ1) is 23.3. The second-order valence-corrected chi connectivity index (χ2v) is 10.3. The fourth-order valence-electron chi connectivity index (χ4n) is 3.29. The molecule has 0 bridgehead atoms. The molecule has 1 heterocycles. The second kappa shape index (κ2) is 8.80. The number of amidine groups is 1. The molecule has 0 fully saturated rings. The van der Waals surface area contributed by atoms with Crippen LogP contribution in [0.3, 0.4) is 0 Å². The summed E-state index contributed by atoms with van der Waals surface area (Å²) in [4.78, 5) is 13.2. The first-order chi connectivity index (χ1) is 16.2. The van der Waals surface area contributed by atoms with E-state index in [1.165, 1.54) is 68.8 Å². The maximum absolute atomic E-state index is 13.6. The summed E-state index contributed by atoms with van der Waals surface area (Å²) in [5.74, 6) is -0.769. The van der Waals surface area contributed by atoms with Gasteiger partial charge in [-0.05, 0) is 48.5 Å². The maximum atomic E-state index is 13.6. The molecular weight excluding hydrogens is 482 g/mol. The summed E-state index contributed by atoms with van der Waals surface area (Å²) in [5, 5.41) is 0. The molecule has 3 aromatic rings. The van der Waals surface area contributed by atoms with Gasteiger partial charge in [0.2, 0.25) is 0 Å². The van der Waals surface area contributed by atoms with Crippen molar-refractivity contribution in [1.82, 2.24) is 9.84 Å². The van der Waals surface area contributed by atoms with E-state index in [1.54, 1.807) is 18.2 Å². The zero-order valence-electron chi connectivity index (χ0n) is 18.0. The van der Waals surface area contributed by atoms with Gasteiger partial charge in [0, 0.05) is 5.56 Å². The lowest BCUT2D eigenvalue weighted by Gasteiger charge is -2.24. The summed E-state index contributed by atoms with van der Waals surface area (Å²) in [6.07, 6.45) is 0. The number of amides is 1. The smallest absolute Gasteiger partial charge is 0.290 e. The van der Waals surface area contributed by atoms with E-state index < -0.39 is 26.0 Å². The van der Waals surface area contributed by atoms with Gasteiger partial charge < -0.3 is 9.47 Å². The van der Waals surface area contributed by atoms with Crippen LogP contribution in [-0.4, -0.2) is 47.2 Å². The Bertz CT molecular complexity index is 1500. The van der Waals surface area contributed by atoms with Crippen LogP contribution in [0.25, 0.3) is 0 Å². The molecule has 0 spiro atoms. The van der Waals surface area contributed by atoms with Crippen molar-refractivity contribution in [2.24, 2.45) is 4.40 Å². The highest BCUT2D eigenvalue weighted by molar-refractivity contribution is 7.91. The molecule has 34 heavy (non-hydrogen) atoms. The van der Waals surface area contributed by atoms with Gasteiger partial charge in [0.1, 0.15) is 16.4 Å². The molecule has 3 aromatic carbocycles. The van der Waals surface area contributed by atoms with Crippen LogP contribution in [0.15, 0.2) is 87.0 Å². The number of ether oxygens (including phenoxy) is 2. The minimum absolute atomic E-state index is 0.0654. The van der Waals surface area contributed by atoms with E-state index in [0.717, 1.165) is 0 Å². The molecule has 1 aliphatic heterocycles. The monoisotopic (exact) mass is 501 g/mol. The molecule has 0 aliphatic carbocycles. The van der Waals surface area contributed by atoms with Crippen molar-refractivity contribution in [2.75, 3.05) is 14.2 Å². The number of hydrazine groups is 1. The molecule has 0 radical (unpaired) electrons. The molecule has 12 heteroatoms. The van der Waals surface area contributed by atoms with Crippen LogP contribution in [0.5, 0.6) is 11.5 Å². The van der Waals surface area contributed by atoms with Crippen LogP contribution >= 0.6 is 0 Å². The van der Waals surface area contributed by atoms with Gasteiger partial charge in [0.05, 0.1) is 24.7 Å². The van der Waals surface area contributed by atoms with Crippen molar-refractivity contribution in [3.05, 3.63) is 83.9 Å². The molecular formula is C22H19N3O7S2. The van der Waals surface area contributed by atoms with Gasteiger partial charge in [-0.15, -0.1) is 8.81 Å². The van der Waals surface area contributed by atoms with Crippen molar-refractivity contribution in [2.45, 2.75) is 9.79 Å². The Morgan fingerprint density at radius 1 is 0.912 bits per heavy atom. The summed E-state index contributed by atoms with van der Waals surface area (Å²) in [6.45, 7) is 0. The molecule has 1 amide bonds. The minimum atomic E-state index is -4.54. The number of rotatable bonds is 5. The standard InChI is InChI=1S/C22H19N3O7S2/c1-31-15-11-13-16(14-12-15)34(29,30)25(22(26)17-7-3-5-9-19(17)32-2)23-21-18-8-4-6-10-20(18)33(27,28)24-21/h3-14H,1-2H3,(H,23,24). The molecule has 0 saturated carbocycles. The lowest BCUT2D eigenvalue weighted by atomic mass is 10.2. The van der Waals surface area contributed by atoms with Gasteiger partial charge in [-0.25, -0.2) is 0 Å². The molecule has 10 nitrogen and oxygen atoms in total. The van der Waals surface area contributed by atoms with E-state index in [9.17, 15) is 21.6 Å². The first-order valence-corrected chi connectivity index (χ1v) is 12.6. The van der Waals surface area contributed by atoms with Crippen LogP contribution in [0, 0.1) is 0 Å². The van der Waals surface area contributed by atoms with Crippen LogP contribution < -0.4 is 14.9 Å². The van der Waals surface area contributed by atoms with Crippen molar-refractivity contribution in [3.63, 3.8) is 0 Å². The van der Waals surface area contributed by atoms with Crippen molar-refractivity contribution in [3.8, 4) is 11.5 Å². The number of carbonyl (C=O) groups excluding carboxylic acids is 1. The normalized spacial score (nSPS) is 14.0. The Morgan fingerprint density at radius 2 is 1.56 bits per heavy atom. The molecule has 0 unspecified atom stereocenters. The third-order valence-corrected chi connectivity index (χ3v) is 7.90. The van der Waals surface area contributed by atoms with Crippen LogP contribution in [0.2, 0.25) is 0 Å². The number of sulfonamides is 2. The van der Waals surface area contributed by atoms with E-state index in [1.807, 2.05) is 0 Å². The highest BCUT2D eigenvalue weighted by Gasteiger charge is 2.36. The number of nitrogens with zero attached hydrogens (tertiary/aromatic N) is 2. The van der Waals surface area contributed by atoms with Gasteiger partial charge in [-0.2, -0.15) is 16.8 Å². The van der Waals surface area contributed by atoms with Gasteiger partial charge in [-0.1, -0.05) is 24.3 Å². The fraction of sp³-hybridized carbons (Fsp3) is 0.0909. The van der Waals surface area contributed by atoms with Gasteiger partial charge in [0.15, 0.2) is 5.84 Å². The highest BCUT2D eigenvalue weighted by atomic mass is 32.2. The summed E-state index contributed by atoms with van der Waals surface area (Å²) in [5.41, 5.74) is 2.49. The Labute approximate surface area is 196 Å². The third kappa shape index (κ3) is 4.08. The van der Waals surface area contributed by atoms with Gasteiger partial charge in [-0.3, -0.25) is 10.2 Å². The first-order valence-electron chi connectivity index (χ1n) is 9.77. The fourth-order valence-corrected chi connectivity index (χ4v) is 5.67.